The van der Waals surface area contributed by atoms with E-state index in [1.54, 1.807) is 6.07 Å². The average Bonchev–Trinajstić information content (AvgIpc) is 2.27. The van der Waals surface area contributed by atoms with Crippen LogP contribution in [0.3, 0.4) is 0 Å². The third-order valence-electron chi connectivity index (χ3n) is 1.81. The van der Waals surface area contributed by atoms with Crippen molar-refractivity contribution in [3.05, 3.63) is 40.3 Å². The summed E-state index contributed by atoms with van der Waals surface area (Å²) in [5, 5.41) is 8.83. The van der Waals surface area contributed by atoms with E-state index in [1.165, 1.54) is 7.11 Å². The smallest absolute Gasteiger partial charge is 0.377 e. The molecule has 5 heteroatoms. The molecule has 0 heterocycles. The Kier molecular flexibility index (Phi) is 4.37. The summed E-state index contributed by atoms with van der Waals surface area (Å²) in [6.45, 7) is 1.93. The Morgan fingerprint density at radius 3 is 2.69 bits per heavy atom. The van der Waals surface area contributed by atoms with Crippen LogP contribution in [0.4, 0.5) is 0 Å². The van der Waals surface area contributed by atoms with Crippen LogP contribution in [0.1, 0.15) is 5.56 Å². The first-order valence-corrected chi connectivity index (χ1v) is 5.24. The molecule has 0 aliphatic rings. The molecule has 0 aliphatic carbocycles. The summed E-state index contributed by atoms with van der Waals surface area (Å²) in [6.07, 6.45) is 0.568. The van der Waals surface area contributed by atoms with Crippen LogP contribution < -0.4 is 4.74 Å². The number of benzene rings is 1. The number of hydrogen-bond donors (Lipinski definition) is 1. The fraction of sp³-hybridized carbons (Fsp3) is 0.182. The predicted molar refractivity (Wildman–Crippen MR) is 62.2 cm³/mol. The number of ether oxygens (including phenoxy) is 2. The van der Waals surface area contributed by atoms with Crippen LogP contribution in [0.5, 0.6) is 5.75 Å². The van der Waals surface area contributed by atoms with Gasteiger partial charge in [0.1, 0.15) is 12.0 Å². The number of rotatable bonds is 3. The number of aryl methyl sites for hydroxylation is 1. The molecule has 1 aromatic rings. The lowest BCUT2D eigenvalue weighted by Gasteiger charge is -2.08. The summed E-state index contributed by atoms with van der Waals surface area (Å²) in [7, 11) is 1.21. The van der Waals surface area contributed by atoms with Gasteiger partial charge in [0.15, 0.2) is 0 Å². The number of carbonyl (C=O) groups is 1. The summed E-state index contributed by atoms with van der Waals surface area (Å²) in [4.78, 5) is 11.1. The Hall–Kier alpha value is -1.49. The first-order chi connectivity index (χ1) is 7.58. The van der Waals surface area contributed by atoms with E-state index < -0.39 is 5.97 Å². The number of methoxy groups -OCH3 is 1. The Labute approximate surface area is 102 Å². The second-order valence-electron chi connectivity index (χ2n) is 3.02. The molecule has 1 N–H and O–H groups in total. The number of halogens is 1. The molecule has 0 atom stereocenters. The Balaban J connectivity index is 2.91. The lowest BCUT2D eigenvalue weighted by Crippen LogP contribution is -2.11. The molecule has 0 saturated heterocycles. The van der Waals surface area contributed by atoms with Gasteiger partial charge in [0.2, 0.25) is 5.76 Å². The van der Waals surface area contributed by atoms with Crippen LogP contribution in [0.2, 0.25) is 0 Å². The molecule has 16 heavy (non-hydrogen) atoms. The van der Waals surface area contributed by atoms with Crippen molar-refractivity contribution in [3.8, 4) is 5.75 Å². The van der Waals surface area contributed by atoms with Gasteiger partial charge in [-0.2, -0.15) is 0 Å². The van der Waals surface area contributed by atoms with Gasteiger partial charge in [0.25, 0.3) is 0 Å². The van der Waals surface area contributed by atoms with Crippen molar-refractivity contribution < 1.29 is 19.4 Å². The van der Waals surface area contributed by atoms with E-state index in [4.69, 9.17) is 9.84 Å². The highest BCUT2D eigenvalue weighted by molar-refractivity contribution is 9.10. The molecule has 1 aromatic carbocycles. The van der Waals surface area contributed by atoms with Crippen LogP contribution >= 0.6 is 15.9 Å². The third kappa shape index (κ3) is 3.00. The maximum atomic E-state index is 11.1. The van der Waals surface area contributed by atoms with Crippen LogP contribution in [0.15, 0.2) is 34.7 Å². The van der Waals surface area contributed by atoms with Gasteiger partial charge >= 0.3 is 5.97 Å². The van der Waals surface area contributed by atoms with Gasteiger partial charge in [0, 0.05) is 0 Å². The minimum absolute atomic E-state index is 0.271. The van der Waals surface area contributed by atoms with Gasteiger partial charge in [-0.1, -0.05) is 6.07 Å². The summed E-state index contributed by atoms with van der Waals surface area (Å²) in [5.41, 5.74) is 1.05. The zero-order chi connectivity index (χ0) is 12.1. The van der Waals surface area contributed by atoms with Gasteiger partial charge in [-0.05, 0) is 40.5 Å². The van der Waals surface area contributed by atoms with E-state index in [0.717, 1.165) is 5.56 Å². The largest absolute Gasteiger partial charge is 0.511 e. The van der Waals surface area contributed by atoms with Gasteiger partial charge < -0.3 is 14.6 Å². The molecule has 0 amide bonds. The van der Waals surface area contributed by atoms with E-state index in [1.807, 2.05) is 19.1 Å². The Morgan fingerprint density at radius 2 is 2.19 bits per heavy atom. The van der Waals surface area contributed by atoms with Crippen molar-refractivity contribution in [1.29, 1.82) is 0 Å². The first-order valence-electron chi connectivity index (χ1n) is 4.45. The van der Waals surface area contributed by atoms with Crippen molar-refractivity contribution in [2.75, 3.05) is 7.11 Å². The summed E-state index contributed by atoms with van der Waals surface area (Å²) in [6, 6.07) is 5.35. The molecule has 4 nitrogen and oxygen atoms in total. The summed E-state index contributed by atoms with van der Waals surface area (Å²) in [5.74, 6) is -0.585. The molecule has 0 spiro atoms. The zero-order valence-corrected chi connectivity index (χ0v) is 10.4. The summed E-state index contributed by atoms with van der Waals surface area (Å²) >= 11 is 3.29. The van der Waals surface area contributed by atoms with Crippen LogP contribution in [0, 0.1) is 6.92 Å². The Bertz CT molecular complexity index is 426. The van der Waals surface area contributed by atoms with Gasteiger partial charge in [-0.15, -0.1) is 0 Å². The highest BCUT2D eigenvalue weighted by Gasteiger charge is 2.14. The van der Waals surface area contributed by atoms with Crippen molar-refractivity contribution in [3.63, 3.8) is 0 Å². The minimum atomic E-state index is -0.741. The van der Waals surface area contributed by atoms with E-state index in [0.29, 0.717) is 16.5 Å². The zero-order valence-electron chi connectivity index (χ0n) is 8.86. The third-order valence-corrected chi connectivity index (χ3v) is 2.43. The fourth-order valence-corrected chi connectivity index (χ4v) is 1.60. The molecule has 0 aromatic heterocycles. The second kappa shape index (κ2) is 5.55. The normalized spacial score (nSPS) is 11.1. The topological polar surface area (TPSA) is 55.8 Å². The van der Waals surface area contributed by atoms with Gasteiger partial charge in [0.05, 0.1) is 11.6 Å². The number of hydrogen-bond acceptors (Lipinski definition) is 4. The number of carbonyl (C=O) groups excluding carboxylic acids is 1. The molecule has 0 saturated carbocycles. The minimum Gasteiger partial charge on any atom is -0.511 e. The van der Waals surface area contributed by atoms with E-state index in [-0.39, 0.29) is 5.76 Å². The summed E-state index contributed by atoms with van der Waals surface area (Å²) < 4.78 is 10.3. The molecule has 0 unspecified atom stereocenters. The van der Waals surface area contributed by atoms with E-state index >= 15 is 0 Å². The van der Waals surface area contributed by atoms with Crippen LogP contribution in [-0.4, -0.2) is 18.2 Å². The molecule has 1 rings (SSSR count). The van der Waals surface area contributed by atoms with E-state index in [2.05, 4.69) is 20.7 Å². The SMILES string of the molecule is COC(=O)/C(=C\O)Oc1ccc(C)cc1Br. The molecular formula is C11H11BrO4. The number of aliphatic hydroxyl groups excluding tert-OH is 1. The van der Waals surface area contributed by atoms with E-state index in [9.17, 15) is 4.79 Å². The quantitative estimate of drug-likeness (QED) is 0.527. The number of esters is 1. The highest BCUT2D eigenvalue weighted by atomic mass is 79.9. The predicted octanol–water partition coefficient (Wildman–Crippen LogP) is 2.71. The molecule has 0 bridgehead atoms. The van der Waals surface area contributed by atoms with Crippen molar-refractivity contribution in [2.24, 2.45) is 0 Å². The lowest BCUT2D eigenvalue weighted by atomic mass is 10.2. The fourth-order valence-electron chi connectivity index (χ4n) is 1.03. The number of aliphatic hydroxyl groups is 1. The standard InChI is InChI=1S/C11H11BrO4/c1-7-3-4-9(8(12)5-7)16-10(6-13)11(14)15-2/h3-6,13H,1-2H3/b10-6+. The van der Waals surface area contributed by atoms with Gasteiger partial charge in [-0.25, -0.2) is 4.79 Å². The van der Waals surface area contributed by atoms with Crippen molar-refractivity contribution in [2.45, 2.75) is 6.92 Å². The molecule has 0 aliphatic heterocycles. The molecular weight excluding hydrogens is 276 g/mol. The van der Waals surface area contributed by atoms with Gasteiger partial charge in [-0.3, -0.25) is 0 Å². The molecule has 0 radical (unpaired) electrons. The monoisotopic (exact) mass is 286 g/mol. The average molecular weight is 287 g/mol. The second-order valence-corrected chi connectivity index (χ2v) is 3.88. The Morgan fingerprint density at radius 1 is 1.50 bits per heavy atom. The van der Waals surface area contributed by atoms with Crippen molar-refractivity contribution in [1.82, 2.24) is 0 Å². The highest BCUT2D eigenvalue weighted by Crippen LogP contribution is 2.27. The lowest BCUT2D eigenvalue weighted by molar-refractivity contribution is -0.138. The molecule has 0 fully saturated rings. The maximum Gasteiger partial charge on any atom is 0.377 e. The van der Waals surface area contributed by atoms with Crippen LogP contribution in [-0.2, 0) is 9.53 Å². The van der Waals surface area contributed by atoms with Crippen LogP contribution in [0.25, 0.3) is 0 Å². The molecule has 86 valence electrons. The maximum absolute atomic E-state index is 11.1. The first kappa shape index (κ1) is 12.6. The van der Waals surface area contributed by atoms with Crippen molar-refractivity contribution >= 4 is 21.9 Å².